The average molecular weight is 235 g/mol. The second kappa shape index (κ2) is 5.81. The van der Waals surface area contributed by atoms with Crippen LogP contribution in [0.3, 0.4) is 0 Å². The molecule has 0 unspecified atom stereocenters. The molecule has 0 fully saturated rings. The van der Waals surface area contributed by atoms with E-state index in [1.807, 2.05) is 0 Å². The van der Waals surface area contributed by atoms with Crippen LogP contribution in [0.25, 0.3) is 0 Å². The first-order valence-corrected chi connectivity index (χ1v) is 5.82. The van der Waals surface area contributed by atoms with Gasteiger partial charge in [0.1, 0.15) is 0 Å². The summed E-state index contributed by atoms with van der Waals surface area (Å²) < 4.78 is 30.1. The Balaban J connectivity index is 2.32. The van der Waals surface area contributed by atoms with Crippen LogP contribution in [0.1, 0.15) is 0 Å². The molecule has 0 aliphatic carbocycles. The van der Waals surface area contributed by atoms with E-state index in [0.717, 1.165) is 0 Å². The second-order valence-corrected chi connectivity index (χ2v) is 4.38. The van der Waals surface area contributed by atoms with E-state index in [4.69, 9.17) is 9.84 Å². The van der Waals surface area contributed by atoms with E-state index in [2.05, 4.69) is 14.7 Å². The minimum absolute atomic E-state index is 0.0182. The quantitative estimate of drug-likeness (QED) is 0.509. The Morgan fingerprint density at radius 2 is 2.33 bits per heavy atom. The van der Waals surface area contributed by atoms with Crippen molar-refractivity contribution in [2.24, 2.45) is 0 Å². The minimum atomic E-state index is -3.51. The summed E-state index contributed by atoms with van der Waals surface area (Å²) >= 11 is 0. The number of aromatic amines is 1. The molecule has 1 rings (SSSR count). The third-order valence-electron chi connectivity index (χ3n) is 1.54. The molecule has 1 aromatic rings. The highest BCUT2D eigenvalue weighted by molar-refractivity contribution is 7.89. The highest BCUT2D eigenvalue weighted by Gasteiger charge is 2.13. The van der Waals surface area contributed by atoms with Gasteiger partial charge in [0.15, 0.2) is 5.03 Å². The van der Waals surface area contributed by atoms with E-state index in [0.29, 0.717) is 0 Å². The van der Waals surface area contributed by atoms with E-state index in [9.17, 15) is 8.42 Å². The molecule has 0 saturated heterocycles. The van der Waals surface area contributed by atoms with Crippen molar-refractivity contribution >= 4 is 10.0 Å². The number of nitrogens with zero attached hydrogens (tertiary/aromatic N) is 1. The van der Waals surface area contributed by atoms with Gasteiger partial charge in [-0.2, -0.15) is 0 Å². The lowest BCUT2D eigenvalue weighted by atomic mass is 10.7. The summed E-state index contributed by atoms with van der Waals surface area (Å²) in [5.74, 6) is 0. The fraction of sp³-hybridized carbons (Fsp3) is 0.571. The summed E-state index contributed by atoms with van der Waals surface area (Å²) in [5.41, 5.74) is 0. The number of sulfonamides is 1. The number of hydrogen-bond acceptors (Lipinski definition) is 5. The molecule has 1 aromatic heterocycles. The lowest BCUT2D eigenvalue weighted by Gasteiger charge is -2.04. The summed E-state index contributed by atoms with van der Waals surface area (Å²) in [6, 6.07) is 0. The van der Waals surface area contributed by atoms with E-state index in [1.165, 1.54) is 12.5 Å². The molecule has 1 heterocycles. The van der Waals surface area contributed by atoms with Crippen molar-refractivity contribution in [1.29, 1.82) is 0 Å². The maximum Gasteiger partial charge on any atom is 0.257 e. The summed E-state index contributed by atoms with van der Waals surface area (Å²) in [6.45, 7) is 0.494. The number of ether oxygens (including phenoxy) is 1. The lowest BCUT2D eigenvalue weighted by molar-refractivity contribution is 0.0961. The lowest BCUT2D eigenvalue weighted by Crippen LogP contribution is -2.28. The zero-order chi connectivity index (χ0) is 11.1. The number of hydrogen-bond donors (Lipinski definition) is 3. The Hall–Kier alpha value is -0.960. The molecular formula is C7H13N3O4S. The summed E-state index contributed by atoms with van der Waals surface area (Å²) in [7, 11) is -3.51. The van der Waals surface area contributed by atoms with Crippen LogP contribution in [0, 0.1) is 0 Å². The summed E-state index contributed by atoms with van der Waals surface area (Å²) in [4.78, 5) is 6.09. The van der Waals surface area contributed by atoms with E-state index < -0.39 is 10.0 Å². The molecule has 0 saturated carbocycles. The molecule has 0 spiro atoms. The van der Waals surface area contributed by atoms with E-state index in [1.54, 1.807) is 0 Å². The topological polar surface area (TPSA) is 104 Å². The fourth-order valence-electron chi connectivity index (χ4n) is 0.883. The van der Waals surface area contributed by atoms with Crippen molar-refractivity contribution in [3.8, 4) is 0 Å². The second-order valence-electron chi connectivity index (χ2n) is 2.65. The highest BCUT2D eigenvalue weighted by Crippen LogP contribution is 2.00. The molecule has 0 bridgehead atoms. The maximum atomic E-state index is 11.4. The van der Waals surface area contributed by atoms with Crippen molar-refractivity contribution < 1.29 is 18.3 Å². The summed E-state index contributed by atoms with van der Waals surface area (Å²) in [6.07, 6.45) is 2.51. The largest absolute Gasteiger partial charge is 0.394 e. The number of H-pyrrole nitrogens is 1. The van der Waals surface area contributed by atoms with Crippen LogP contribution in [0.2, 0.25) is 0 Å². The van der Waals surface area contributed by atoms with Crippen LogP contribution in [0.5, 0.6) is 0 Å². The van der Waals surface area contributed by atoms with Gasteiger partial charge in [0.05, 0.1) is 32.3 Å². The van der Waals surface area contributed by atoms with Gasteiger partial charge in [-0.1, -0.05) is 0 Å². The monoisotopic (exact) mass is 235 g/mol. The average Bonchev–Trinajstić information content (AvgIpc) is 2.70. The first-order chi connectivity index (χ1) is 7.17. The molecule has 0 aliphatic rings. The van der Waals surface area contributed by atoms with E-state index in [-0.39, 0.29) is 31.4 Å². The SMILES string of the molecule is O=S(=O)(NCCOCCO)c1cnc[nH]1. The Bertz CT molecular complexity index is 362. The smallest absolute Gasteiger partial charge is 0.257 e. The predicted molar refractivity (Wildman–Crippen MR) is 51.7 cm³/mol. The molecule has 0 aliphatic heterocycles. The molecule has 3 N–H and O–H groups in total. The van der Waals surface area contributed by atoms with Crippen molar-refractivity contribution in [3.05, 3.63) is 12.5 Å². The van der Waals surface area contributed by atoms with Crippen LogP contribution < -0.4 is 4.72 Å². The Kier molecular flexibility index (Phi) is 4.69. The molecule has 7 nitrogen and oxygen atoms in total. The van der Waals surface area contributed by atoms with E-state index >= 15 is 0 Å². The number of nitrogens with one attached hydrogen (secondary N) is 2. The molecular weight excluding hydrogens is 222 g/mol. The minimum Gasteiger partial charge on any atom is -0.394 e. The first kappa shape index (κ1) is 12.1. The Morgan fingerprint density at radius 3 is 2.93 bits per heavy atom. The van der Waals surface area contributed by atoms with Crippen LogP contribution in [0.15, 0.2) is 17.6 Å². The van der Waals surface area contributed by atoms with Crippen LogP contribution >= 0.6 is 0 Å². The third kappa shape index (κ3) is 3.96. The highest BCUT2D eigenvalue weighted by atomic mass is 32.2. The van der Waals surface area contributed by atoms with Crippen molar-refractivity contribution in [1.82, 2.24) is 14.7 Å². The number of aromatic nitrogens is 2. The Morgan fingerprint density at radius 1 is 1.53 bits per heavy atom. The number of aliphatic hydroxyl groups excluding tert-OH is 1. The predicted octanol–water partition coefficient (Wildman–Crippen LogP) is -1.30. The number of rotatable bonds is 7. The molecule has 0 amide bonds. The molecule has 15 heavy (non-hydrogen) atoms. The van der Waals surface area contributed by atoms with Gasteiger partial charge in [0, 0.05) is 6.54 Å². The first-order valence-electron chi connectivity index (χ1n) is 4.33. The zero-order valence-corrected chi connectivity index (χ0v) is 8.83. The van der Waals surface area contributed by atoms with Crippen molar-refractivity contribution in [2.45, 2.75) is 5.03 Å². The maximum absolute atomic E-state index is 11.4. The molecule has 0 aromatic carbocycles. The summed E-state index contributed by atoms with van der Waals surface area (Å²) in [5, 5.41) is 8.42. The third-order valence-corrected chi connectivity index (χ3v) is 2.92. The van der Waals surface area contributed by atoms with Gasteiger partial charge < -0.3 is 14.8 Å². The van der Waals surface area contributed by atoms with Crippen molar-refractivity contribution in [3.63, 3.8) is 0 Å². The van der Waals surface area contributed by atoms with Crippen LogP contribution in [0.4, 0.5) is 0 Å². The van der Waals surface area contributed by atoms with Gasteiger partial charge >= 0.3 is 0 Å². The fourth-order valence-corrected chi connectivity index (χ4v) is 1.80. The molecule has 0 atom stereocenters. The molecule has 86 valence electrons. The molecule has 8 heteroatoms. The molecule has 0 radical (unpaired) electrons. The van der Waals surface area contributed by atoms with Gasteiger partial charge in [0.2, 0.25) is 0 Å². The van der Waals surface area contributed by atoms with Gasteiger partial charge in [0.25, 0.3) is 10.0 Å². The van der Waals surface area contributed by atoms with Crippen LogP contribution in [-0.4, -0.2) is 49.9 Å². The van der Waals surface area contributed by atoms with Gasteiger partial charge in [-0.25, -0.2) is 18.1 Å². The van der Waals surface area contributed by atoms with Gasteiger partial charge in [-0.3, -0.25) is 0 Å². The Labute approximate surface area is 87.5 Å². The normalized spacial score (nSPS) is 11.8. The number of aliphatic hydroxyl groups is 1. The van der Waals surface area contributed by atoms with Crippen molar-refractivity contribution in [2.75, 3.05) is 26.4 Å². The van der Waals surface area contributed by atoms with Gasteiger partial charge in [-0.05, 0) is 0 Å². The zero-order valence-electron chi connectivity index (χ0n) is 8.01. The standard InChI is InChI=1S/C7H13N3O4S/c11-2-4-14-3-1-10-15(12,13)7-5-8-6-9-7/h5-6,10-11H,1-4H2,(H,8,9). The van der Waals surface area contributed by atoms with Gasteiger partial charge in [-0.15, -0.1) is 0 Å². The van der Waals surface area contributed by atoms with Crippen LogP contribution in [-0.2, 0) is 14.8 Å². The number of imidazole rings is 1.